The van der Waals surface area contributed by atoms with E-state index >= 15 is 0 Å². The maximum atomic E-state index is 11.9. The van der Waals surface area contributed by atoms with Crippen LogP contribution in [0.3, 0.4) is 0 Å². The lowest BCUT2D eigenvalue weighted by Crippen LogP contribution is -2.24. The van der Waals surface area contributed by atoms with Crippen LogP contribution in [0.4, 0.5) is 0 Å². The van der Waals surface area contributed by atoms with Gasteiger partial charge in [-0.05, 0) is 37.8 Å². The Hall–Kier alpha value is -1.31. The Bertz CT molecular complexity index is 394. The van der Waals surface area contributed by atoms with Crippen LogP contribution in [0.2, 0.25) is 0 Å². The van der Waals surface area contributed by atoms with Crippen LogP contribution in [0.15, 0.2) is 24.3 Å². The Labute approximate surface area is 110 Å². The largest absolute Gasteiger partial charge is 0.352 e. The smallest absolute Gasteiger partial charge is 0.251 e. The fourth-order valence-electron chi connectivity index (χ4n) is 2.78. The molecule has 1 aromatic rings. The highest BCUT2D eigenvalue weighted by Crippen LogP contribution is 2.28. The molecule has 0 aliphatic heterocycles. The monoisotopic (exact) mass is 245 g/mol. The normalized spacial score (nSPS) is 15.8. The van der Waals surface area contributed by atoms with Gasteiger partial charge in [0.05, 0.1) is 0 Å². The van der Waals surface area contributed by atoms with Gasteiger partial charge in [0.1, 0.15) is 0 Å². The molecule has 0 radical (unpaired) electrons. The average Bonchev–Trinajstić information content (AvgIpc) is 2.87. The van der Waals surface area contributed by atoms with E-state index in [0.29, 0.717) is 0 Å². The van der Waals surface area contributed by atoms with Crippen molar-refractivity contribution in [3.05, 3.63) is 35.4 Å². The van der Waals surface area contributed by atoms with Crippen LogP contribution in [-0.4, -0.2) is 12.5 Å². The summed E-state index contributed by atoms with van der Waals surface area (Å²) in [6.45, 7) is 2.82. The van der Waals surface area contributed by atoms with E-state index in [9.17, 15) is 4.79 Å². The molecule has 18 heavy (non-hydrogen) atoms. The van der Waals surface area contributed by atoms with Gasteiger partial charge in [0.15, 0.2) is 0 Å². The topological polar surface area (TPSA) is 29.1 Å². The van der Waals surface area contributed by atoms with Crippen LogP contribution < -0.4 is 5.32 Å². The maximum absolute atomic E-state index is 11.9. The second-order valence-corrected chi connectivity index (χ2v) is 5.42. The van der Waals surface area contributed by atoms with E-state index in [2.05, 4.69) is 5.32 Å². The Kier molecular flexibility index (Phi) is 4.80. The van der Waals surface area contributed by atoms with E-state index in [4.69, 9.17) is 0 Å². The predicted octanol–water partition coefficient (Wildman–Crippen LogP) is 3.70. The predicted molar refractivity (Wildman–Crippen MR) is 74.7 cm³/mol. The fraction of sp³-hybridized carbons (Fsp3) is 0.562. The number of carbonyl (C=O) groups is 1. The van der Waals surface area contributed by atoms with E-state index in [1.165, 1.54) is 32.1 Å². The Balaban J connectivity index is 1.68. The highest BCUT2D eigenvalue weighted by atomic mass is 16.1. The minimum absolute atomic E-state index is 0.0603. The summed E-state index contributed by atoms with van der Waals surface area (Å²) in [4.78, 5) is 11.9. The molecule has 1 aromatic carbocycles. The summed E-state index contributed by atoms with van der Waals surface area (Å²) in [6.07, 6.45) is 7.98. The standard InChI is InChI=1S/C16H23NO/c1-13-6-4-10-15(12-13)16(18)17-11-5-9-14-7-2-3-8-14/h4,6,10,12,14H,2-3,5,7-9,11H2,1H3,(H,17,18). The lowest BCUT2D eigenvalue weighted by molar-refractivity contribution is 0.0952. The molecule has 0 spiro atoms. The summed E-state index contributed by atoms with van der Waals surface area (Å²) >= 11 is 0. The molecule has 1 fully saturated rings. The van der Waals surface area contributed by atoms with Crippen LogP contribution in [0.25, 0.3) is 0 Å². The van der Waals surface area contributed by atoms with Crippen LogP contribution >= 0.6 is 0 Å². The molecule has 0 unspecified atom stereocenters. The molecule has 0 heterocycles. The molecule has 0 aromatic heterocycles. The molecule has 1 amide bonds. The molecule has 0 atom stereocenters. The van der Waals surface area contributed by atoms with Gasteiger partial charge in [-0.15, -0.1) is 0 Å². The molecule has 2 rings (SSSR count). The van der Waals surface area contributed by atoms with Crippen molar-refractivity contribution in [1.29, 1.82) is 0 Å². The highest BCUT2D eigenvalue weighted by Gasteiger charge is 2.14. The Morgan fingerprint density at radius 2 is 2.11 bits per heavy atom. The molecule has 1 saturated carbocycles. The zero-order valence-electron chi connectivity index (χ0n) is 11.2. The third-order valence-electron chi connectivity index (χ3n) is 3.83. The Morgan fingerprint density at radius 3 is 2.83 bits per heavy atom. The number of carbonyl (C=O) groups excluding carboxylic acids is 1. The van der Waals surface area contributed by atoms with Crippen LogP contribution in [-0.2, 0) is 0 Å². The van der Waals surface area contributed by atoms with Crippen molar-refractivity contribution in [3.8, 4) is 0 Å². The number of rotatable bonds is 5. The number of amides is 1. The quantitative estimate of drug-likeness (QED) is 0.787. The molecule has 2 nitrogen and oxygen atoms in total. The van der Waals surface area contributed by atoms with Crippen molar-refractivity contribution in [2.75, 3.05) is 6.54 Å². The number of aryl methyl sites for hydroxylation is 1. The molecule has 0 bridgehead atoms. The summed E-state index contributed by atoms with van der Waals surface area (Å²) in [5.41, 5.74) is 1.91. The number of nitrogens with one attached hydrogen (secondary N) is 1. The summed E-state index contributed by atoms with van der Waals surface area (Å²) in [5, 5.41) is 3.01. The van der Waals surface area contributed by atoms with Gasteiger partial charge in [-0.25, -0.2) is 0 Å². The van der Waals surface area contributed by atoms with E-state index in [1.54, 1.807) is 0 Å². The van der Waals surface area contributed by atoms with Crippen molar-refractivity contribution in [2.45, 2.75) is 45.4 Å². The zero-order valence-corrected chi connectivity index (χ0v) is 11.2. The van der Waals surface area contributed by atoms with Crippen molar-refractivity contribution >= 4 is 5.91 Å². The molecular formula is C16H23NO. The lowest BCUT2D eigenvalue weighted by atomic mass is 10.0. The molecule has 1 aliphatic carbocycles. The van der Waals surface area contributed by atoms with Gasteiger partial charge in [-0.2, -0.15) is 0 Å². The van der Waals surface area contributed by atoms with Gasteiger partial charge in [0.25, 0.3) is 5.91 Å². The molecule has 98 valence electrons. The average molecular weight is 245 g/mol. The first-order valence-electron chi connectivity index (χ1n) is 7.10. The van der Waals surface area contributed by atoms with Gasteiger partial charge in [-0.3, -0.25) is 4.79 Å². The van der Waals surface area contributed by atoms with Crippen molar-refractivity contribution < 1.29 is 4.79 Å². The van der Waals surface area contributed by atoms with Crippen molar-refractivity contribution in [1.82, 2.24) is 5.32 Å². The van der Waals surface area contributed by atoms with E-state index in [-0.39, 0.29) is 5.91 Å². The van der Waals surface area contributed by atoms with Crippen molar-refractivity contribution in [2.24, 2.45) is 5.92 Å². The highest BCUT2D eigenvalue weighted by molar-refractivity contribution is 5.94. The first-order valence-corrected chi connectivity index (χ1v) is 7.10. The number of hydrogen-bond acceptors (Lipinski definition) is 1. The first-order chi connectivity index (χ1) is 8.75. The molecule has 2 heteroatoms. The number of benzene rings is 1. The van der Waals surface area contributed by atoms with Gasteiger partial charge >= 0.3 is 0 Å². The minimum atomic E-state index is 0.0603. The third-order valence-corrected chi connectivity index (χ3v) is 3.83. The lowest BCUT2D eigenvalue weighted by Gasteiger charge is -2.09. The van der Waals surface area contributed by atoms with Crippen molar-refractivity contribution in [3.63, 3.8) is 0 Å². The van der Waals surface area contributed by atoms with Crippen LogP contribution in [0, 0.1) is 12.8 Å². The SMILES string of the molecule is Cc1cccc(C(=O)NCCCC2CCCC2)c1. The maximum Gasteiger partial charge on any atom is 0.251 e. The third kappa shape index (κ3) is 3.86. The summed E-state index contributed by atoms with van der Waals surface area (Å²) in [7, 11) is 0. The van der Waals surface area contributed by atoms with E-state index < -0.39 is 0 Å². The molecule has 1 N–H and O–H groups in total. The van der Waals surface area contributed by atoms with Gasteiger partial charge in [-0.1, -0.05) is 43.4 Å². The summed E-state index contributed by atoms with van der Waals surface area (Å²) in [6, 6.07) is 7.76. The summed E-state index contributed by atoms with van der Waals surface area (Å²) < 4.78 is 0. The van der Waals surface area contributed by atoms with E-state index in [0.717, 1.165) is 30.0 Å². The molecular weight excluding hydrogens is 222 g/mol. The summed E-state index contributed by atoms with van der Waals surface area (Å²) in [5.74, 6) is 0.978. The van der Waals surface area contributed by atoms with Gasteiger partial charge in [0.2, 0.25) is 0 Å². The zero-order chi connectivity index (χ0) is 12.8. The van der Waals surface area contributed by atoms with E-state index in [1.807, 2.05) is 31.2 Å². The number of hydrogen-bond donors (Lipinski definition) is 1. The van der Waals surface area contributed by atoms with Crippen LogP contribution in [0.1, 0.15) is 54.4 Å². The first kappa shape index (κ1) is 13.1. The Morgan fingerprint density at radius 1 is 1.33 bits per heavy atom. The van der Waals surface area contributed by atoms with Gasteiger partial charge in [0, 0.05) is 12.1 Å². The minimum Gasteiger partial charge on any atom is -0.352 e. The molecule has 1 aliphatic rings. The fourth-order valence-corrected chi connectivity index (χ4v) is 2.78. The van der Waals surface area contributed by atoms with Gasteiger partial charge < -0.3 is 5.32 Å². The van der Waals surface area contributed by atoms with Crippen LogP contribution in [0.5, 0.6) is 0 Å². The second kappa shape index (κ2) is 6.58. The molecule has 0 saturated heterocycles. The second-order valence-electron chi connectivity index (χ2n) is 5.42.